The molecule has 1 fully saturated rings. The molecular weight excluding hydrogens is 261 g/mol. The van der Waals surface area contributed by atoms with Gasteiger partial charge in [-0.2, -0.15) is 0 Å². The molecule has 110 valence electrons. The molecule has 1 aromatic carbocycles. The Labute approximate surface area is 117 Å². The number of hydrogen-bond acceptors (Lipinski definition) is 4. The van der Waals surface area contributed by atoms with Crippen LogP contribution in [-0.2, 0) is 6.54 Å². The third-order valence-corrected chi connectivity index (χ3v) is 3.67. The molecule has 0 spiro atoms. The topological polar surface area (TPSA) is 71.1 Å². The van der Waals surface area contributed by atoms with Crippen molar-refractivity contribution in [2.24, 2.45) is 10.9 Å². The standard InChI is InChI=1S/C14H20FN3O2/c1-20-13-6-5-10(8-11(13)15)9-18-7-3-2-4-12(18)14(16)17-19/h5-6,8,12,19H,2-4,7,9H2,1H3,(H2,16,17). The molecule has 3 N–H and O–H groups in total. The number of methoxy groups -OCH3 is 1. The number of amidine groups is 1. The van der Waals surface area contributed by atoms with E-state index >= 15 is 0 Å². The molecule has 6 heteroatoms. The van der Waals surface area contributed by atoms with Crippen LogP contribution in [0.1, 0.15) is 24.8 Å². The number of oxime groups is 1. The lowest BCUT2D eigenvalue weighted by Crippen LogP contribution is -2.47. The van der Waals surface area contributed by atoms with Crippen molar-refractivity contribution in [1.82, 2.24) is 4.90 Å². The molecule has 0 bridgehead atoms. The molecule has 0 aliphatic carbocycles. The summed E-state index contributed by atoms with van der Waals surface area (Å²) in [6.07, 6.45) is 2.97. The van der Waals surface area contributed by atoms with Gasteiger partial charge in [0.25, 0.3) is 0 Å². The van der Waals surface area contributed by atoms with Crippen molar-refractivity contribution in [1.29, 1.82) is 0 Å². The van der Waals surface area contributed by atoms with Crippen molar-refractivity contribution < 1.29 is 14.3 Å². The summed E-state index contributed by atoms with van der Waals surface area (Å²) >= 11 is 0. The number of benzene rings is 1. The van der Waals surface area contributed by atoms with Crippen LogP contribution in [0.25, 0.3) is 0 Å². The van der Waals surface area contributed by atoms with Gasteiger partial charge in [-0.25, -0.2) is 4.39 Å². The summed E-state index contributed by atoms with van der Waals surface area (Å²) in [5, 5.41) is 12.0. The highest BCUT2D eigenvalue weighted by Gasteiger charge is 2.26. The lowest BCUT2D eigenvalue weighted by Gasteiger charge is -2.34. The highest BCUT2D eigenvalue weighted by atomic mass is 19.1. The lowest BCUT2D eigenvalue weighted by atomic mass is 10.0. The van der Waals surface area contributed by atoms with Crippen molar-refractivity contribution in [3.8, 4) is 5.75 Å². The molecule has 1 unspecified atom stereocenters. The maximum absolute atomic E-state index is 13.7. The Morgan fingerprint density at radius 2 is 2.35 bits per heavy atom. The van der Waals surface area contributed by atoms with Gasteiger partial charge in [0.2, 0.25) is 0 Å². The monoisotopic (exact) mass is 281 g/mol. The van der Waals surface area contributed by atoms with Gasteiger partial charge < -0.3 is 15.7 Å². The summed E-state index contributed by atoms with van der Waals surface area (Å²) < 4.78 is 18.6. The fourth-order valence-corrected chi connectivity index (χ4v) is 2.62. The Morgan fingerprint density at radius 1 is 1.55 bits per heavy atom. The van der Waals surface area contributed by atoms with Crippen LogP contribution in [0, 0.1) is 5.82 Å². The van der Waals surface area contributed by atoms with Crippen molar-refractivity contribution in [3.63, 3.8) is 0 Å². The van der Waals surface area contributed by atoms with Crippen LogP contribution in [0.3, 0.4) is 0 Å². The number of halogens is 1. The second-order valence-corrected chi connectivity index (χ2v) is 4.98. The van der Waals surface area contributed by atoms with Gasteiger partial charge in [0.05, 0.1) is 13.2 Å². The van der Waals surface area contributed by atoms with Gasteiger partial charge in [-0.3, -0.25) is 4.90 Å². The number of nitrogens with zero attached hydrogens (tertiary/aromatic N) is 2. The van der Waals surface area contributed by atoms with Crippen LogP contribution in [-0.4, -0.2) is 35.6 Å². The lowest BCUT2D eigenvalue weighted by molar-refractivity contribution is 0.178. The van der Waals surface area contributed by atoms with Gasteiger partial charge in [0.15, 0.2) is 17.4 Å². The second kappa shape index (κ2) is 6.56. The third-order valence-electron chi connectivity index (χ3n) is 3.67. The predicted molar refractivity (Wildman–Crippen MR) is 74.4 cm³/mol. The van der Waals surface area contributed by atoms with E-state index in [2.05, 4.69) is 10.1 Å². The minimum atomic E-state index is -0.373. The molecule has 1 heterocycles. The van der Waals surface area contributed by atoms with Gasteiger partial charge in [0.1, 0.15) is 0 Å². The van der Waals surface area contributed by atoms with E-state index in [0.717, 1.165) is 31.4 Å². The molecule has 0 aromatic heterocycles. The molecule has 0 radical (unpaired) electrons. The van der Waals surface area contributed by atoms with Gasteiger partial charge in [0, 0.05) is 6.54 Å². The molecule has 20 heavy (non-hydrogen) atoms. The van der Waals surface area contributed by atoms with Gasteiger partial charge >= 0.3 is 0 Å². The summed E-state index contributed by atoms with van der Waals surface area (Å²) in [6, 6.07) is 4.84. The van der Waals surface area contributed by atoms with E-state index < -0.39 is 0 Å². The van der Waals surface area contributed by atoms with Gasteiger partial charge in [-0.1, -0.05) is 17.6 Å². The SMILES string of the molecule is COc1ccc(CN2CCCCC2C(N)=NO)cc1F. The minimum absolute atomic E-state index is 0.0843. The first kappa shape index (κ1) is 14.6. The second-order valence-electron chi connectivity index (χ2n) is 4.98. The number of likely N-dealkylation sites (tertiary alicyclic amines) is 1. The maximum atomic E-state index is 13.7. The number of hydrogen-bond donors (Lipinski definition) is 2. The normalized spacial score (nSPS) is 20.9. The average Bonchev–Trinajstić information content (AvgIpc) is 2.47. The van der Waals surface area contributed by atoms with E-state index in [1.165, 1.54) is 13.2 Å². The number of nitrogens with two attached hydrogens (primary N) is 1. The summed E-state index contributed by atoms with van der Waals surface area (Å²) in [7, 11) is 1.44. The van der Waals surface area contributed by atoms with Crippen LogP contribution >= 0.6 is 0 Å². The van der Waals surface area contributed by atoms with Crippen LogP contribution in [0.15, 0.2) is 23.4 Å². The van der Waals surface area contributed by atoms with Crippen LogP contribution in [0.4, 0.5) is 4.39 Å². The summed E-state index contributed by atoms with van der Waals surface area (Å²) in [5.74, 6) is 0.0846. The van der Waals surface area contributed by atoms with Gasteiger partial charge in [-0.05, 0) is 37.1 Å². The van der Waals surface area contributed by atoms with Crippen molar-refractivity contribution in [2.45, 2.75) is 31.8 Å². The molecule has 0 saturated carbocycles. The van der Waals surface area contributed by atoms with Crippen molar-refractivity contribution in [2.75, 3.05) is 13.7 Å². The first-order valence-corrected chi connectivity index (χ1v) is 6.69. The van der Waals surface area contributed by atoms with Crippen LogP contribution in [0.5, 0.6) is 5.75 Å². The third kappa shape index (κ3) is 3.19. The Bertz CT molecular complexity index is 493. The fourth-order valence-electron chi connectivity index (χ4n) is 2.62. The molecule has 1 aliphatic heterocycles. The summed E-state index contributed by atoms with van der Waals surface area (Å²) in [5.41, 5.74) is 6.58. The van der Waals surface area contributed by atoms with Crippen LogP contribution < -0.4 is 10.5 Å². The van der Waals surface area contributed by atoms with Gasteiger partial charge in [-0.15, -0.1) is 0 Å². The molecule has 1 aliphatic rings. The van der Waals surface area contributed by atoms with E-state index in [1.54, 1.807) is 6.07 Å². The highest BCUT2D eigenvalue weighted by molar-refractivity contribution is 5.85. The Hall–Kier alpha value is -1.82. The molecule has 1 saturated heterocycles. The summed E-state index contributed by atoms with van der Waals surface area (Å²) in [6.45, 7) is 1.43. The zero-order valence-electron chi connectivity index (χ0n) is 11.6. The summed E-state index contributed by atoms with van der Waals surface area (Å²) in [4.78, 5) is 2.11. The first-order chi connectivity index (χ1) is 9.65. The number of ether oxygens (including phenoxy) is 1. The molecule has 5 nitrogen and oxygen atoms in total. The predicted octanol–water partition coefficient (Wildman–Crippen LogP) is 1.94. The highest BCUT2D eigenvalue weighted by Crippen LogP contribution is 2.23. The van der Waals surface area contributed by atoms with Crippen molar-refractivity contribution in [3.05, 3.63) is 29.6 Å². The van der Waals surface area contributed by atoms with Crippen molar-refractivity contribution >= 4 is 5.84 Å². The Kier molecular flexibility index (Phi) is 4.79. The molecular formula is C14H20FN3O2. The number of piperidine rings is 1. The largest absolute Gasteiger partial charge is 0.494 e. The molecule has 2 rings (SSSR count). The Morgan fingerprint density at radius 3 is 3.00 bits per heavy atom. The fraction of sp³-hybridized carbons (Fsp3) is 0.500. The quantitative estimate of drug-likeness (QED) is 0.383. The zero-order valence-corrected chi connectivity index (χ0v) is 11.6. The molecule has 1 atom stereocenters. The van der Waals surface area contributed by atoms with E-state index in [-0.39, 0.29) is 23.4 Å². The molecule has 0 amide bonds. The minimum Gasteiger partial charge on any atom is -0.494 e. The molecule has 1 aromatic rings. The van der Waals surface area contributed by atoms with E-state index in [4.69, 9.17) is 15.7 Å². The van der Waals surface area contributed by atoms with E-state index in [1.807, 2.05) is 6.07 Å². The zero-order chi connectivity index (χ0) is 14.5. The van der Waals surface area contributed by atoms with E-state index in [0.29, 0.717) is 6.54 Å². The first-order valence-electron chi connectivity index (χ1n) is 6.69. The number of rotatable bonds is 4. The maximum Gasteiger partial charge on any atom is 0.165 e. The average molecular weight is 281 g/mol. The van der Waals surface area contributed by atoms with Crippen LogP contribution in [0.2, 0.25) is 0 Å². The smallest absolute Gasteiger partial charge is 0.165 e. The van der Waals surface area contributed by atoms with E-state index in [9.17, 15) is 4.39 Å². The Balaban J connectivity index is 2.12.